The van der Waals surface area contributed by atoms with Crippen molar-refractivity contribution in [3.05, 3.63) is 70.3 Å². The van der Waals surface area contributed by atoms with Gasteiger partial charge in [-0.1, -0.05) is 60.5 Å². The SMILES string of the molecule is CC[C@H](NC(=O)Cc1ccc(C)cc1C)c1ccc(C)cc1. The normalized spacial score (nSPS) is 12.0. The summed E-state index contributed by atoms with van der Waals surface area (Å²) in [6.07, 6.45) is 1.33. The van der Waals surface area contributed by atoms with Gasteiger partial charge in [0.2, 0.25) is 5.91 Å². The maximum Gasteiger partial charge on any atom is 0.224 e. The van der Waals surface area contributed by atoms with Crippen molar-refractivity contribution in [1.29, 1.82) is 0 Å². The molecule has 2 rings (SSSR count). The highest BCUT2D eigenvalue weighted by Gasteiger charge is 2.13. The van der Waals surface area contributed by atoms with Gasteiger partial charge in [-0.15, -0.1) is 0 Å². The zero-order valence-corrected chi connectivity index (χ0v) is 13.9. The first-order valence-corrected chi connectivity index (χ1v) is 7.91. The Morgan fingerprint density at radius 2 is 1.64 bits per heavy atom. The average molecular weight is 295 g/mol. The lowest BCUT2D eigenvalue weighted by molar-refractivity contribution is -0.121. The van der Waals surface area contributed by atoms with Gasteiger partial charge in [0, 0.05) is 0 Å². The summed E-state index contributed by atoms with van der Waals surface area (Å²) in [6.45, 7) is 8.31. The molecule has 1 amide bonds. The highest BCUT2D eigenvalue weighted by molar-refractivity contribution is 5.79. The van der Waals surface area contributed by atoms with Crippen LogP contribution in [0, 0.1) is 20.8 Å². The minimum atomic E-state index is 0.0823. The molecule has 0 saturated heterocycles. The highest BCUT2D eigenvalue weighted by atomic mass is 16.1. The van der Waals surface area contributed by atoms with Crippen molar-refractivity contribution >= 4 is 5.91 Å². The first-order chi connectivity index (χ1) is 10.5. The van der Waals surface area contributed by atoms with E-state index in [1.54, 1.807) is 0 Å². The Balaban J connectivity index is 2.04. The zero-order valence-electron chi connectivity index (χ0n) is 13.9. The van der Waals surface area contributed by atoms with E-state index < -0.39 is 0 Å². The molecule has 2 nitrogen and oxygen atoms in total. The number of carbonyl (C=O) groups is 1. The molecule has 0 bridgehead atoms. The van der Waals surface area contributed by atoms with Crippen molar-refractivity contribution in [3.63, 3.8) is 0 Å². The van der Waals surface area contributed by atoms with Crippen molar-refractivity contribution < 1.29 is 4.79 Å². The van der Waals surface area contributed by atoms with E-state index in [1.807, 2.05) is 0 Å². The van der Waals surface area contributed by atoms with Gasteiger partial charge in [-0.05, 0) is 43.9 Å². The topological polar surface area (TPSA) is 29.1 Å². The van der Waals surface area contributed by atoms with Crippen molar-refractivity contribution in [3.8, 4) is 0 Å². The first-order valence-electron chi connectivity index (χ1n) is 7.91. The van der Waals surface area contributed by atoms with E-state index in [4.69, 9.17) is 0 Å². The van der Waals surface area contributed by atoms with Gasteiger partial charge in [-0.3, -0.25) is 4.79 Å². The smallest absolute Gasteiger partial charge is 0.224 e. The minimum absolute atomic E-state index is 0.0823. The molecule has 0 unspecified atom stereocenters. The van der Waals surface area contributed by atoms with Crippen LogP contribution in [0.25, 0.3) is 0 Å². The molecule has 0 aliphatic carbocycles. The molecule has 1 N–H and O–H groups in total. The van der Waals surface area contributed by atoms with Gasteiger partial charge in [0.1, 0.15) is 0 Å². The van der Waals surface area contributed by atoms with Crippen LogP contribution in [0.1, 0.15) is 47.2 Å². The van der Waals surface area contributed by atoms with Crippen LogP contribution in [0.15, 0.2) is 42.5 Å². The Morgan fingerprint density at radius 1 is 1.00 bits per heavy atom. The molecule has 116 valence electrons. The van der Waals surface area contributed by atoms with Crippen molar-refractivity contribution in [2.24, 2.45) is 0 Å². The van der Waals surface area contributed by atoms with Gasteiger partial charge < -0.3 is 5.32 Å². The lowest BCUT2D eigenvalue weighted by Gasteiger charge is -2.18. The summed E-state index contributed by atoms with van der Waals surface area (Å²) in [5, 5.41) is 3.15. The number of hydrogen-bond acceptors (Lipinski definition) is 1. The summed E-state index contributed by atoms with van der Waals surface area (Å²) in [5.41, 5.74) is 5.91. The standard InChI is InChI=1S/C20H25NO/c1-5-19(17-9-6-14(2)7-10-17)21-20(22)13-18-11-8-15(3)12-16(18)4/h6-12,19H,5,13H2,1-4H3,(H,21,22)/t19-/m0/s1. The van der Waals surface area contributed by atoms with Gasteiger partial charge in [0.25, 0.3) is 0 Å². The van der Waals surface area contributed by atoms with Crippen LogP contribution in [0.2, 0.25) is 0 Å². The van der Waals surface area contributed by atoms with E-state index in [2.05, 4.69) is 75.5 Å². The van der Waals surface area contributed by atoms with Gasteiger partial charge in [0.05, 0.1) is 12.5 Å². The van der Waals surface area contributed by atoms with E-state index >= 15 is 0 Å². The predicted octanol–water partition coefficient (Wildman–Crippen LogP) is 4.42. The number of nitrogens with one attached hydrogen (secondary N) is 1. The molecule has 0 spiro atoms. The van der Waals surface area contributed by atoms with Crippen molar-refractivity contribution in [2.45, 2.75) is 46.6 Å². The van der Waals surface area contributed by atoms with E-state index in [0.717, 1.165) is 12.0 Å². The number of amides is 1. The second-order valence-corrected chi connectivity index (χ2v) is 6.05. The fourth-order valence-electron chi connectivity index (χ4n) is 2.68. The largest absolute Gasteiger partial charge is 0.349 e. The molecular formula is C20H25NO. The number of carbonyl (C=O) groups excluding carboxylic acids is 1. The van der Waals surface area contributed by atoms with Gasteiger partial charge in [-0.2, -0.15) is 0 Å². The lowest BCUT2D eigenvalue weighted by Crippen LogP contribution is -2.29. The molecule has 0 heterocycles. The van der Waals surface area contributed by atoms with E-state index in [-0.39, 0.29) is 11.9 Å². The molecule has 0 aliphatic rings. The summed E-state index contributed by atoms with van der Waals surface area (Å²) in [4.78, 5) is 12.3. The molecule has 0 radical (unpaired) electrons. The van der Waals surface area contributed by atoms with Crippen LogP contribution in [0.4, 0.5) is 0 Å². The summed E-state index contributed by atoms with van der Waals surface area (Å²) in [5.74, 6) is 0.0828. The minimum Gasteiger partial charge on any atom is -0.349 e. The molecule has 2 aromatic rings. The Bertz CT molecular complexity index is 643. The lowest BCUT2D eigenvalue weighted by atomic mass is 10.0. The fourth-order valence-corrected chi connectivity index (χ4v) is 2.68. The second kappa shape index (κ2) is 7.26. The Hall–Kier alpha value is -2.09. The average Bonchev–Trinajstić information content (AvgIpc) is 2.49. The molecule has 2 heteroatoms. The molecule has 1 atom stereocenters. The maximum absolute atomic E-state index is 12.3. The van der Waals surface area contributed by atoms with Crippen LogP contribution < -0.4 is 5.32 Å². The summed E-state index contributed by atoms with van der Waals surface area (Å²) < 4.78 is 0. The predicted molar refractivity (Wildman–Crippen MR) is 92.0 cm³/mol. The summed E-state index contributed by atoms with van der Waals surface area (Å²) in [6, 6.07) is 14.7. The molecule has 0 aliphatic heterocycles. The van der Waals surface area contributed by atoms with Crippen LogP contribution in [0.3, 0.4) is 0 Å². The maximum atomic E-state index is 12.3. The number of aryl methyl sites for hydroxylation is 3. The molecule has 22 heavy (non-hydrogen) atoms. The first kappa shape index (κ1) is 16.3. The van der Waals surface area contributed by atoms with Crippen LogP contribution in [-0.4, -0.2) is 5.91 Å². The molecule has 2 aromatic carbocycles. The number of hydrogen-bond donors (Lipinski definition) is 1. The van der Waals surface area contributed by atoms with Crippen LogP contribution in [0.5, 0.6) is 0 Å². The molecule has 0 saturated carbocycles. The Kier molecular flexibility index (Phi) is 5.37. The van der Waals surface area contributed by atoms with Gasteiger partial charge >= 0.3 is 0 Å². The third-order valence-corrected chi connectivity index (χ3v) is 4.07. The van der Waals surface area contributed by atoms with Gasteiger partial charge in [-0.25, -0.2) is 0 Å². The third-order valence-electron chi connectivity index (χ3n) is 4.07. The van der Waals surface area contributed by atoms with Crippen LogP contribution >= 0.6 is 0 Å². The Morgan fingerprint density at radius 3 is 2.23 bits per heavy atom. The number of rotatable bonds is 5. The fraction of sp³-hybridized carbons (Fsp3) is 0.350. The van der Waals surface area contributed by atoms with Crippen LogP contribution in [-0.2, 0) is 11.2 Å². The van der Waals surface area contributed by atoms with E-state index in [1.165, 1.54) is 22.3 Å². The summed E-state index contributed by atoms with van der Waals surface area (Å²) >= 11 is 0. The molecule has 0 aromatic heterocycles. The van der Waals surface area contributed by atoms with Crippen molar-refractivity contribution in [1.82, 2.24) is 5.32 Å². The zero-order chi connectivity index (χ0) is 16.1. The molecule has 0 fully saturated rings. The van der Waals surface area contributed by atoms with Gasteiger partial charge in [0.15, 0.2) is 0 Å². The molecular weight excluding hydrogens is 270 g/mol. The quantitative estimate of drug-likeness (QED) is 0.869. The monoisotopic (exact) mass is 295 g/mol. The Labute approximate surface area is 133 Å². The van der Waals surface area contributed by atoms with Crippen molar-refractivity contribution in [2.75, 3.05) is 0 Å². The van der Waals surface area contributed by atoms with E-state index in [0.29, 0.717) is 6.42 Å². The second-order valence-electron chi connectivity index (χ2n) is 6.05. The third kappa shape index (κ3) is 4.20. The summed E-state index contributed by atoms with van der Waals surface area (Å²) in [7, 11) is 0. The van der Waals surface area contributed by atoms with E-state index in [9.17, 15) is 4.79 Å². The highest BCUT2D eigenvalue weighted by Crippen LogP contribution is 2.18. The number of benzene rings is 2.